The topological polar surface area (TPSA) is 100 Å². The van der Waals surface area contributed by atoms with Gasteiger partial charge in [0.2, 0.25) is 5.95 Å². The molecule has 5 rings (SSSR count). The maximum Gasteiger partial charge on any atom is 0.335 e. The number of aromatic nitrogens is 3. The van der Waals surface area contributed by atoms with Crippen molar-refractivity contribution in [3.8, 4) is 0 Å². The zero-order valence-corrected chi connectivity index (χ0v) is 14.2. The number of rotatable bonds is 6. The third-order valence-corrected chi connectivity index (χ3v) is 4.94. The number of nitrogens with one attached hydrogen (secondary N) is 2. The highest BCUT2D eigenvalue weighted by molar-refractivity contribution is 6.09. The second-order valence-electron chi connectivity index (χ2n) is 7.20. The molecule has 1 aromatic carbocycles. The van der Waals surface area contributed by atoms with E-state index in [9.17, 15) is 9.90 Å². The zero-order chi connectivity index (χ0) is 17.7. The van der Waals surface area contributed by atoms with Crippen LogP contribution in [0.25, 0.3) is 21.8 Å². The van der Waals surface area contributed by atoms with E-state index >= 15 is 0 Å². The maximum atomic E-state index is 11.3. The van der Waals surface area contributed by atoms with E-state index in [1.807, 2.05) is 0 Å². The molecule has 0 saturated heterocycles. The van der Waals surface area contributed by atoms with Crippen molar-refractivity contribution in [3.05, 3.63) is 30.0 Å². The molecule has 2 heterocycles. The van der Waals surface area contributed by atoms with Gasteiger partial charge in [0.05, 0.1) is 11.1 Å². The van der Waals surface area contributed by atoms with Crippen LogP contribution in [-0.2, 0) is 0 Å². The minimum absolute atomic E-state index is 0.227. The van der Waals surface area contributed by atoms with Crippen LogP contribution in [0.1, 0.15) is 36.0 Å². The van der Waals surface area contributed by atoms with Crippen LogP contribution < -0.4 is 10.6 Å². The lowest BCUT2D eigenvalue weighted by molar-refractivity contribution is 0.0697. The van der Waals surface area contributed by atoms with Crippen molar-refractivity contribution in [2.75, 3.05) is 17.2 Å². The summed E-state index contributed by atoms with van der Waals surface area (Å²) in [4.78, 5) is 25.1. The first-order valence-corrected chi connectivity index (χ1v) is 9.01. The molecule has 0 aliphatic heterocycles. The van der Waals surface area contributed by atoms with E-state index in [2.05, 4.69) is 20.6 Å². The van der Waals surface area contributed by atoms with E-state index in [4.69, 9.17) is 4.98 Å². The molecule has 3 aromatic rings. The van der Waals surface area contributed by atoms with Gasteiger partial charge < -0.3 is 15.7 Å². The first kappa shape index (κ1) is 15.3. The number of anilines is 2. The number of fused-ring (bicyclic) bond motifs is 3. The fourth-order valence-corrected chi connectivity index (χ4v) is 3.08. The molecule has 2 aliphatic rings. The van der Waals surface area contributed by atoms with Crippen LogP contribution in [0.2, 0.25) is 0 Å². The Labute approximate surface area is 149 Å². The summed E-state index contributed by atoms with van der Waals surface area (Å²) in [5.74, 6) is 1.10. The molecule has 3 N–H and O–H groups in total. The van der Waals surface area contributed by atoms with Crippen LogP contribution in [0.3, 0.4) is 0 Å². The lowest BCUT2D eigenvalue weighted by Gasteiger charge is -2.12. The Morgan fingerprint density at radius 3 is 2.73 bits per heavy atom. The fraction of sp³-hybridized carbons (Fsp3) is 0.368. The van der Waals surface area contributed by atoms with Gasteiger partial charge in [-0.1, -0.05) is 6.07 Å². The molecule has 0 amide bonds. The Hall–Kier alpha value is -2.96. The molecule has 7 heteroatoms. The Kier molecular flexibility index (Phi) is 3.41. The Bertz CT molecular complexity index is 1030. The van der Waals surface area contributed by atoms with Crippen molar-refractivity contribution in [1.29, 1.82) is 0 Å². The highest BCUT2D eigenvalue weighted by Gasteiger charge is 2.24. The van der Waals surface area contributed by atoms with Gasteiger partial charge in [-0.3, -0.25) is 0 Å². The normalized spacial score (nSPS) is 16.8. The van der Waals surface area contributed by atoms with E-state index in [0.717, 1.165) is 41.6 Å². The number of carboxylic acid groups (broad SMARTS) is 1. The summed E-state index contributed by atoms with van der Waals surface area (Å²) < 4.78 is 0. The Balaban J connectivity index is 1.64. The summed E-state index contributed by atoms with van der Waals surface area (Å²) in [7, 11) is 0. The lowest BCUT2D eigenvalue weighted by Crippen LogP contribution is -2.09. The van der Waals surface area contributed by atoms with E-state index < -0.39 is 5.97 Å². The van der Waals surface area contributed by atoms with Gasteiger partial charge in [0.15, 0.2) is 5.82 Å². The van der Waals surface area contributed by atoms with Gasteiger partial charge in [-0.05, 0) is 43.7 Å². The van der Waals surface area contributed by atoms with Gasteiger partial charge in [-0.2, -0.15) is 0 Å². The number of pyridine rings is 1. The van der Waals surface area contributed by atoms with Crippen molar-refractivity contribution in [2.45, 2.75) is 31.7 Å². The number of carboxylic acids is 1. The largest absolute Gasteiger partial charge is 0.478 e. The third-order valence-electron chi connectivity index (χ3n) is 4.94. The minimum atomic E-state index is -0.957. The molecule has 0 unspecified atom stereocenters. The highest BCUT2D eigenvalue weighted by atomic mass is 16.4. The lowest BCUT2D eigenvalue weighted by atomic mass is 10.1. The van der Waals surface area contributed by atoms with Crippen molar-refractivity contribution >= 4 is 39.5 Å². The smallest absolute Gasteiger partial charge is 0.335 e. The summed E-state index contributed by atoms with van der Waals surface area (Å²) in [6, 6.07) is 5.41. The molecule has 2 fully saturated rings. The molecular weight excluding hydrogens is 330 g/mol. The summed E-state index contributed by atoms with van der Waals surface area (Å²) in [5.41, 5.74) is 1.65. The van der Waals surface area contributed by atoms with Crippen molar-refractivity contribution in [3.63, 3.8) is 0 Å². The number of nitrogens with zero attached hydrogens (tertiary/aromatic N) is 3. The highest BCUT2D eigenvalue weighted by Crippen LogP contribution is 2.33. The number of aromatic carboxylic acids is 1. The molecule has 2 aromatic heterocycles. The molecule has 0 bridgehead atoms. The molecule has 2 aliphatic carbocycles. The van der Waals surface area contributed by atoms with Crippen LogP contribution in [-0.4, -0.2) is 38.6 Å². The second kappa shape index (κ2) is 5.79. The van der Waals surface area contributed by atoms with Gasteiger partial charge in [-0.25, -0.2) is 19.7 Å². The van der Waals surface area contributed by atoms with E-state index in [0.29, 0.717) is 23.3 Å². The van der Waals surface area contributed by atoms with E-state index in [1.165, 1.54) is 12.8 Å². The van der Waals surface area contributed by atoms with Crippen molar-refractivity contribution in [1.82, 2.24) is 15.0 Å². The van der Waals surface area contributed by atoms with E-state index in [-0.39, 0.29) is 5.56 Å². The van der Waals surface area contributed by atoms with Gasteiger partial charge in [0, 0.05) is 29.6 Å². The minimum Gasteiger partial charge on any atom is -0.478 e. The number of benzene rings is 1. The summed E-state index contributed by atoms with van der Waals surface area (Å²) in [5, 5.41) is 17.7. The average Bonchev–Trinajstić information content (AvgIpc) is 3.54. The van der Waals surface area contributed by atoms with Crippen LogP contribution in [0.5, 0.6) is 0 Å². The number of hydrogen-bond donors (Lipinski definition) is 3. The summed E-state index contributed by atoms with van der Waals surface area (Å²) in [6.45, 7) is 0.903. The predicted molar refractivity (Wildman–Crippen MR) is 99.7 cm³/mol. The monoisotopic (exact) mass is 349 g/mol. The van der Waals surface area contributed by atoms with Crippen LogP contribution in [0.15, 0.2) is 24.4 Å². The standard InChI is InChI=1S/C19H19N5O2/c25-18(26)11-3-6-13-14-9-21-19(20-8-10-1-2-10)24-16(14)17(22-12-4-5-12)23-15(13)7-11/h3,6-7,9-10,12H,1-2,4-5,8H2,(H,22,23)(H,25,26)(H,20,21,24). The van der Waals surface area contributed by atoms with Crippen molar-refractivity contribution in [2.24, 2.45) is 5.92 Å². The van der Waals surface area contributed by atoms with Gasteiger partial charge in [0.25, 0.3) is 0 Å². The molecule has 0 spiro atoms. The summed E-state index contributed by atoms with van der Waals surface area (Å²) in [6.07, 6.45) is 6.59. The zero-order valence-electron chi connectivity index (χ0n) is 14.2. The number of hydrogen-bond acceptors (Lipinski definition) is 6. The fourth-order valence-electron chi connectivity index (χ4n) is 3.08. The summed E-state index contributed by atoms with van der Waals surface area (Å²) >= 11 is 0. The molecular formula is C19H19N5O2. The van der Waals surface area contributed by atoms with E-state index in [1.54, 1.807) is 24.4 Å². The number of carbonyl (C=O) groups is 1. The first-order valence-electron chi connectivity index (χ1n) is 9.01. The van der Waals surface area contributed by atoms with Crippen LogP contribution in [0, 0.1) is 5.92 Å². The van der Waals surface area contributed by atoms with Gasteiger partial charge in [-0.15, -0.1) is 0 Å². The molecule has 26 heavy (non-hydrogen) atoms. The van der Waals surface area contributed by atoms with Crippen molar-refractivity contribution < 1.29 is 9.90 Å². The maximum absolute atomic E-state index is 11.3. The third kappa shape index (κ3) is 2.89. The Morgan fingerprint density at radius 2 is 2.00 bits per heavy atom. The van der Waals surface area contributed by atoms with Crippen LogP contribution in [0.4, 0.5) is 11.8 Å². The molecule has 0 atom stereocenters. The molecule has 2 saturated carbocycles. The van der Waals surface area contributed by atoms with Gasteiger partial charge >= 0.3 is 5.97 Å². The first-order chi connectivity index (χ1) is 12.7. The van der Waals surface area contributed by atoms with Crippen LogP contribution >= 0.6 is 0 Å². The predicted octanol–water partition coefficient (Wildman–Crippen LogP) is 3.27. The molecule has 0 radical (unpaired) electrons. The SMILES string of the molecule is O=C(O)c1ccc2c(c1)nc(NC1CC1)c1nc(NCC3CC3)ncc12. The molecule has 132 valence electrons. The second-order valence-corrected chi connectivity index (χ2v) is 7.20. The average molecular weight is 349 g/mol. The van der Waals surface area contributed by atoms with Gasteiger partial charge in [0.1, 0.15) is 5.52 Å². The Morgan fingerprint density at radius 1 is 1.15 bits per heavy atom. The molecule has 7 nitrogen and oxygen atoms in total. The quantitative estimate of drug-likeness (QED) is 0.587.